The molecule has 0 saturated carbocycles. The number of hydrogen-bond donors (Lipinski definition) is 0. The zero-order valence-corrected chi connectivity index (χ0v) is 11.0. The summed E-state index contributed by atoms with van der Waals surface area (Å²) in [6.45, 7) is 0. The third-order valence-electron chi connectivity index (χ3n) is 3.00. The Bertz CT molecular complexity index is 719. The quantitative estimate of drug-likeness (QED) is 0.492. The maximum Gasteiger partial charge on any atom is 0.280 e. The normalized spacial score (nSPS) is 18.6. The monoisotopic (exact) mass is 287 g/mol. The number of carbonyl (C=O) groups excluding carboxylic acids is 1. The number of aldehydes is 1. The lowest BCUT2D eigenvalue weighted by atomic mass is 10.0. The van der Waals surface area contributed by atoms with E-state index in [0.29, 0.717) is 10.6 Å². The summed E-state index contributed by atoms with van der Waals surface area (Å²) in [7, 11) is 0. The van der Waals surface area contributed by atoms with Crippen molar-refractivity contribution in [3.8, 4) is 0 Å². The number of ether oxygens (including phenoxy) is 1. The lowest BCUT2D eigenvalue weighted by Crippen LogP contribution is -1.95. The molecule has 0 fully saturated rings. The molecule has 0 amide bonds. The second-order valence-corrected chi connectivity index (χ2v) is 5.18. The summed E-state index contributed by atoms with van der Waals surface area (Å²) in [6, 6.07) is 8.90. The predicted octanol–water partition coefficient (Wildman–Crippen LogP) is 3.42. The molecule has 2 heterocycles. The molecule has 1 aliphatic heterocycles. The fourth-order valence-corrected chi connectivity index (χ4v) is 2.86. The largest absolute Gasteiger partial charge is 0.477 e. The topological polar surface area (TPSA) is 69.4 Å². The molecule has 0 bridgehead atoms. The first-order valence-electron chi connectivity index (χ1n) is 5.85. The van der Waals surface area contributed by atoms with E-state index in [4.69, 9.17) is 4.74 Å². The van der Waals surface area contributed by atoms with Crippen molar-refractivity contribution < 1.29 is 14.5 Å². The zero-order valence-electron chi connectivity index (χ0n) is 10.2. The van der Waals surface area contributed by atoms with Gasteiger partial charge in [0.2, 0.25) is 0 Å². The van der Waals surface area contributed by atoms with Crippen molar-refractivity contribution >= 4 is 35.1 Å². The van der Waals surface area contributed by atoms with E-state index in [1.54, 1.807) is 6.08 Å². The van der Waals surface area contributed by atoms with Gasteiger partial charge in [-0.05, 0) is 6.08 Å². The highest BCUT2D eigenvalue weighted by atomic mass is 32.1. The molecule has 0 N–H and O–H groups in total. The minimum absolute atomic E-state index is 0.0556. The Hall–Kier alpha value is -2.47. The van der Waals surface area contributed by atoms with Crippen LogP contribution in [0.2, 0.25) is 0 Å². The molecule has 1 unspecified atom stereocenters. The maximum absolute atomic E-state index is 11.0. The summed E-state index contributed by atoms with van der Waals surface area (Å²) in [4.78, 5) is 22.0. The summed E-state index contributed by atoms with van der Waals surface area (Å²) in [5.74, 6) is 0.564. The minimum atomic E-state index is -0.604. The molecule has 100 valence electrons. The van der Waals surface area contributed by atoms with Gasteiger partial charge >= 0.3 is 0 Å². The highest BCUT2D eigenvalue weighted by Gasteiger charge is 2.27. The van der Waals surface area contributed by atoms with Crippen LogP contribution in [0, 0.1) is 10.1 Å². The van der Waals surface area contributed by atoms with E-state index in [-0.39, 0.29) is 5.69 Å². The van der Waals surface area contributed by atoms with Crippen molar-refractivity contribution in [2.45, 2.75) is 6.10 Å². The van der Waals surface area contributed by atoms with E-state index in [9.17, 15) is 14.9 Å². The number of carbonyl (C=O) groups is 1. The summed E-state index contributed by atoms with van der Waals surface area (Å²) < 4.78 is 5.58. The molecule has 0 radical (unpaired) electrons. The Balaban J connectivity index is 2.00. The number of nitro groups is 1. The first-order chi connectivity index (χ1) is 9.69. The van der Waals surface area contributed by atoms with Crippen LogP contribution in [0.3, 0.4) is 0 Å². The van der Waals surface area contributed by atoms with Crippen molar-refractivity contribution in [2.24, 2.45) is 0 Å². The molecule has 2 aromatic rings. The molecule has 1 aromatic heterocycles. The average molecular weight is 287 g/mol. The Kier molecular flexibility index (Phi) is 3.08. The smallest absolute Gasteiger partial charge is 0.280 e. The molecule has 0 saturated heterocycles. The van der Waals surface area contributed by atoms with Gasteiger partial charge < -0.3 is 4.74 Å². The Morgan fingerprint density at radius 1 is 1.35 bits per heavy atom. The number of fused-ring (bicyclic) bond motifs is 1. The van der Waals surface area contributed by atoms with Gasteiger partial charge in [-0.3, -0.25) is 14.9 Å². The fourth-order valence-electron chi connectivity index (χ4n) is 2.09. The number of thiophene rings is 1. The number of benzene rings is 1. The molecule has 20 heavy (non-hydrogen) atoms. The first kappa shape index (κ1) is 12.6. The van der Waals surface area contributed by atoms with Gasteiger partial charge in [0, 0.05) is 22.1 Å². The van der Waals surface area contributed by atoms with Gasteiger partial charge in [0.15, 0.2) is 12.4 Å². The van der Waals surface area contributed by atoms with E-state index < -0.39 is 11.0 Å². The van der Waals surface area contributed by atoms with Gasteiger partial charge in [-0.2, -0.15) is 0 Å². The Morgan fingerprint density at radius 2 is 2.15 bits per heavy atom. The molecule has 1 atom stereocenters. The summed E-state index contributed by atoms with van der Waals surface area (Å²) in [5.41, 5.74) is 1.72. The van der Waals surface area contributed by atoms with Crippen LogP contribution >= 0.6 is 11.3 Å². The Labute approximate surface area is 118 Å². The van der Waals surface area contributed by atoms with Gasteiger partial charge in [0.25, 0.3) is 5.69 Å². The van der Waals surface area contributed by atoms with Gasteiger partial charge in [-0.25, -0.2) is 0 Å². The van der Waals surface area contributed by atoms with Crippen molar-refractivity contribution in [2.75, 3.05) is 0 Å². The number of nitrogens with zero attached hydrogens (tertiary/aromatic N) is 1. The molecule has 1 aromatic carbocycles. The second-order valence-electron chi connectivity index (χ2n) is 4.23. The standard InChI is InChI=1S/C14H9NO4S/c16-7-14-12-4-2-1-3-11(12)13(19-14)6-10-5-9(8-20-10)15(17)18/h1-8,14H. The lowest BCUT2D eigenvalue weighted by molar-refractivity contribution is -0.384. The van der Waals surface area contributed by atoms with Crippen LogP contribution in [0.5, 0.6) is 0 Å². The summed E-state index contributed by atoms with van der Waals surface area (Å²) in [6.07, 6.45) is 1.86. The van der Waals surface area contributed by atoms with E-state index in [2.05, 4.69) is 0 Å². The van der Waals surface area contributed by atoms with Crippen molar-refractivity contribution in [1.29, 1.82) is 0 Å². The fraction of sp³-hybridized carbons (Fsp3) is 0.0714. The van der Waals surface area contributed by atoms with Gasteiger partial charge in [0.1, 0.15) is 5.76 Å². The highest BCUT2D eigenvalue weighted by molar-refractivity contribution is 7.11. The third-order valence-corrected chi connectivity index (χ3v) is 3.87. The Morgan fingerprint density at radius 3 is 2.85 bits per heavy atom. The van der Waals surface area contributed by atoms with E-state index >= 15 is 0 Å². The van der Waals surface area contributed by atoms with Crippen LogP contribution in [0.15, 0.2) is 35.7 Å². The van der Waals surface area contributed by atoms with E-state index in [1.807, 2.05) is 24.3 Å². The predicted molar refractivity (Wildman–Crippen MR) is 75.2 cm³/mol. The van der Waals surface area contributed by atoms with Crippen LogP contribution in [0.25, 0.3) is 11.8 Å². The lowest BCUT2D eigenvalue weighted by Gasteiger charge is -2.02. The molecule has 1 aliphatic rings. The molecule has 3 rings (SSSR count). The molecule has 5 nitrogen and oxygen atoms in total. The zero-order chi connectivity index (χ0) is 14.1. The molecular formula is C14H9NO4S. The van der Waals surface area contributed by atoms with Gasteiger partial charge in [0.05, 0.1) is 10.3 Å². The van der Waals surface area contributed by atoms with Crippen molar-refractivity contribution in [3.05, 3.63) is 61.8 Å². The van der Waals surface area contributed by atoms with Gasteiger partial charge in [-0.1, -0.05) is 24.3 Å². The summed E-state index contributed by atoms with van der Waals surface area (Å²) >= 11 is 1.26. The minimum Gasteiger partial charge on any atom is -0.477 e. The maximum atomic E-state index is 11.0. The summed E-state index contributed by atoms with van der Waals surface area (Å²) in [5, 5.41) is 12.1. The average Bonchev–Trinajstić information content (AvgIpc) is 3.05. The van der Waals surface area contributed by atoms with Crippen LogP contribution in [0.4, 0.5) is 5.69 Å². The van der Waals surface area contributed by atoms with Crippen LogP contribution in [-0.2, 0) is 9.53 Å². The third kappa shape index (κ3) is 2.10. The number of hydrogen-bond acceptors (Lipinski definition) is 5. The molecular weight excluding hydrogens is 278 g/mol. The number of rotatable bonds is 3. The highest BCUT2D eigenvalue weighted by Crippen LogP contribution is 2.39. The van der Waals surface area contributed by atoms with Gasteiger partial charge in [-0.15, -0.1) is 11.3 Å². The molecule has 0 aliphatic carbocycles. The SMILES string of the molecule is O=CC1OC(=Cc2cc([N+](=O)[O-])cs2)c2ccccc21. The van der Waals surface area contributed by atoms with E-state index in [1.165, 1.54) is 22.8 Å². The van der Waals surface area contributed by atoms with Crippen molar-refractivity contribution in [1.82, 2.24) is 0 Å². The van der Waals surface area contributed by atoms with E-state index in [0.717, 1.165) is 17.4 Å². The first-order valence-corrected chi connectivity index (χ1v) is 6.73. The van der Waals surface area contributed by atoms with Crippen molar-refractivity contribution in [3.63, 3.8) is 0 Å². The molecule has 0 spiro atoms. The van der Waals surface area contributed by atoms with Crippen LogP contribution in [0.1, 0.15) is 22.1 Å². The second kappa shape index (κ2) is 4.90. The van der Waals surface area contributed by atoms with Crippen LogP contribution in [-0.4, -0.2) is 11.2 Å². The van der Waals surface area contributed by atoms with Crippen LogP contribution < -0.4 is 0 Å². The molecule has 6 heteroatoms.